The lowest BCUT2D eigenvalue weighted by atomic mass is 9.82. The third kappa shape index (κ3) is 3.08. The Morgan fingerprint density at radius 3 is 2.39 bits per heavy atom. The third-order valence-corrected chi connectivity index (χ3v) is 4.97. The molecule has 1 saturated carbocycles. The highest BCUT2D eigenvalue weighted by atomic mass is 79.9. The lowest BCUT2D eigenvalue weighted by Crippen LogP contribution is -2.21. The fourth-order valence-corrected chi connectivity index (χ4v) is 3.53. The van der Waals surface area contributed by atoms with Crippen LogP contribution in [-0.4, -0.2) is 5.33 Å². The zero-order valence-electron chi connectivity index (χ0n) is 10.1. The van der Waals surface area contributed by atoms with E-state index in [1.807, 2.05) is 0 Å². The fourth-order valence-electron chi connectivity index (χ4n) is 2.77. The van der Waals surface area contributed by atoms with E-state index in [4.69, 9.17) is 0 Å². The highest BCUT2D eigenvalue weighted by Gasteiger charge is 2.34. The first-order chi connectivity index (χ1) is 8.45. The third-order valence-electron chi connectivity index (χ3n) is 3.78. The molecule has 4 heteroatoms. The van der Waals surface area contributed by atoms with E-state index in [9.17, 15) is 13.2 Å². The van der Waals surface area contributed by atoms with E-state index < -0.39 is 11.7 Å². The summed E-state index contributed by atoms with van der Waals surface area (Å²) in [6.07, 6.45) is 1.08. The Morgan fingerprint density at radius 1 is 1.17 bits per heavy atom. The van der Waals surface area contributed by atoms with Crippen LogP contribution in [0.3, 0.4) is 0 Å². The number of benzene rings is 1. The van der Waals surface area contributed by atoms with Crippen LogP contribution < -0.4 is 0 Å². The Labute approximate surface area is 114 Å². The quantitative estimate of drug-likeness (QED) is 0.671. The summed E-state index contributed by atoms with van der Waals surface area (Å²) >= 11 is 3.53. The molecule has 0 aromatic heterocycles. The van der Waals surface area contributed by atoms with Gasteiger partial charge in [0.2, 0.25) is 0 Å². The van der Waals surface area contributed by atoms with Gasteiger partial charge in [-0.3, -0.25) is 0 Å². The number of alkyl halides is 4. The molecular formula is C14H16BrF3. The Bertz CT molecular complexity index is 406. The van der Waals surface area contributed by atoms with Crippen LogP contribution in [0.25, 0.3) is 0 Å². The van der Waals surface area contributed by atoms with E-state index in [2.05, 4.69) is 15.9 Å². The van der Waals surface area contributed by atoms with Crippen LogP contribution in [-0.2, 0) is 12.6 Å². The normalized spacial score (nSPS) is 19.1. The van der Waals surface area contributed by atoms with Crippen LogP contribution in [0, 0.1) is 5.41 Å². The molecular weight excluding hydrogens is 305 g/mol. The molecule has 0 radical (unpaired) electrons. The van der Waals surface area contributed by atoms with Gasteiger partial charge in [0.15, 0.2) is 0 Å². The van der Waals surface area contributed by atoms with E-state index in [1.54, 1.807) is 6.07 Å². The fraction of sp³-hybridized carbons (Fsp3) is 0.571. The largest absolute Gasteiger partial charge is 0.416 e. The van der Waals surface area contributed by atoms with Gasteiger partial charge < -0.3 is 0 Å². The molecule has 0 aliphatic heterocycles. The van der Waals surface area contributed by atoms with Gasteiger partial charge in [-0.15, -0.1) is 0 Å². The molecule has 100 valence electrons. The van der Waals surface area contributed by atoms with Crippen molar-refractivity contribution in [3.05, 3.63) is 35.4 Å². The number of halogens is 4. The first-order valence-corrected chi connectivity index (χ1v) is 7.29. The first-order valence-electron chi connectivity index (χ1n) is 6.17. The Balaban J connectivity index is 2.19. The average Bonchev–Trinajstić information content (AvgIpc) is 2.77. The van der Waals surface area contributed by atoms with E-state index >= 15 is 0 Å². The van der Waals surface area contributed by atoms with E-state index in [-0.39, 0.29) is 5.41 Å². The van der Waals surface area contributed by atoms with Gasteiger partial charge >= 0.3 is 6.18 Å². The summed E-state index contributed by atoms with van der Waals surface area (Å²) in [5.74, 6) is 0. The second-order valence-electron chi connectivity index (χ2n) is 5.22. The van der Waals surface area contributed by atoms with Gasteiger partial charge in [-0.25, -0.2) is 0 Å². The lowest BCUT2D eigenvalue weighted by molar-refractivity contribution is -0.137. The number of rotatable bonds is 3. The molecule has 0 saturated heterocycles. The summed E-state index contributed by atoms with van der Waals surface area (Å²) < 4.78 is 37.9. The lowest BCUT2D eigenvalue weighted by Gasteiger charge is -2.26. The molecule has 0 atom stereocenters. The summed E-state index contributed by atoms with van der Waals surface area (Å²) in [5, 5.41) is 0.871. The van der Waals surface area contributed by atoms with Gasteiger partial charge in [-0.2, -0.15) is 13.2 Å². The van der Waals surface area contributed by atoms with Crippen molar-refractivity contribution in [2.75, 3.05) is 5.33 Å². The Morgan fingerprint density at radius 2 is 1.83 bits per heavy atom. The van der Waals surface area contributed by atoms with Crippen LogP contribution in [0.5, 0.6) is 0 Å². The molecule has 0 unspecified atom stereocenters. The minimum absolute atomic E-state index is 0.157. The second kappa shape index (κ2) is 5.24. The molecule has 1 aliphatic carbocycles. The Kier molecular flexibility index (Phi) is 4.05. The number of hydrogen-bond donors (Lipinski definition) is 0. The molecule has 0 N–H and O–H groups in total. The SMILES string of the molecule is FC(F)(F)c1cccc(CC2(CBr)CCCC2)c1. The van der Waals surface area contributed by atoms with Crippen molar-refractivity contribution in [1.29, 1.82) is 0 Å². The van der Waals surface area contributed by atoms with Crippen molar-refractivity contribution in [1.82, 2.24) is 0 Å². The van der Waals surface area contributed by atoms with E-state index in [0.29, 0.717) is 0 Å². The van der Waals surface area contributed by atoms with Gasteiger partial charge in [0.1, 0.15) is 0 Å². The van der Waals surface area contributed by atoms with Gasteiger partial charge in [-0.1, -0.05) is 47.0 Å². The van der Waals surface area contributed by atoms with Crippen molar-refractivity contribution in [2.24, 2.45) is 5.41 Å². The molecule has 0 heterocycles. The number of hydrogen-bond acceptors (Lipinski definition) is 0. The highest BCUT2D eigenvalue weighted by Crippen LogP contribution is 2.42. The molecule has 18 heavy (non-hydrogen) atoms. The second-order valence-corrected chi connectivity index (χ2v) is 5.78. The van der Waals surface area contributed by atoms with E-state index in [1.165, 1.54) is 25.0 Å². The van der Waals surface area contributed by atoms with Crippen molar-refractivity contribution < 1.29 is 13.2 Å². The molecule has 0 bridgehead atoms. The zero-order chi connectivity index (χ0) is 13.2. The monoisotopic (exact) mass is 320 g/mol. The van der Waals surface area contributed by atoms with Gasteiger partial charge in [0.05, 0.1) is 5.56 Å². The average molecular weight is 321 g/mol. The van der Waals surface area contributed by atoms with Crippen molar-refractivity contribution in [3.8, 4) is 0 Å². The first kappa shape index (κ1) is 13.9. The maximum atomic E-state index is 12.6. The molecule has 1 fully saturated rings. The summed E-state index contributed by atoms with van der Waals surface area (Å²) in [5.41, 5.74) is 0.415. The summed E-state index contributed by atoms with van der Waals surface area (Å²) in [6, 6.07) is 5.74. The standard InChI is InChI=1S/C14H16BrF3/c15-10-13(6-1-2-7-13)9-11-4-3-5-12(8-11)14(16,17)18/h3-5,8H,1-2,6-7,9-10H2. The van der Waals surface area contributed by atoms with Crippen LogP contribution in [0.1, 0.15) is 36.8 Å². The predicted octanol–water partition coefficient (Wildman–Crippen LogP) is 5.20. The molecule has 0 amide bonds. The Hall–Kier alpha value is -0.510. The summed E-state index contributed by atoms with van der Waals surface area (Å²) in [7, 11) is 0. The summed E-state index contributed by atoms with van der Waals surface area (Å²) in [4.78, 5) is 0. The molecule has 1 aliphatic rings. The van der Waals surface area contributed by atoms with Gasteiger partial charge in [-0.05, 0) is 36.3 Å². The minimum atomic E-state index is -4.24. The van der Waals surface area contributed by atoms with Crippen LogP contribution in [0.4, 0.5) is 13.2 Å². The molecule has 2 rings (SSSR count). The topological polar surface area (TPSA) is 0 Å². The maximum absolute atomic E-state index is 12.6. The van der Waals surface area contributed by atoms with Crippen molar-refractivity contribution >= 4 is 15.9 Å². The van der Waals surface area contributed by atoms with Crippen molar-refractivity contribution in [3.63, 3.8) is 0 Å². The molecule has 0 nitrogen and oxygen atoms in total. The smallest absolute Gasteiger partial charge is 0.166 e. The van der Waals surface area contributed by atoms with Gasteiger partial charge in [0, 0.05) is 5.33 Å². The molecule has 0 spiro atoms. The van der Waals surface area contributed by atoms with Crippen molar-refractivity contribution in [2.45, 2.75) is 38.3 Å². The summed E-state index contributed by atoms with van der Waals surface area (Å²) in [6.45, 7) is 0. The van der Waals surface area contributed by atoms with Crippen LogP contribution >= 0.6 is 15.9 Å². The van der Waals surface area contributed by atoms with Gasteiger partial charge in [0.25, 0.3) is 0 Å². The molecule has 1 aromatic carbocycles. The maximum Gasteiger partial charge on any atom is 0.416 e. The molecule has 1 aromatic rings. The highest BCUT2D eigenvalue weighted by molar-refractivity contribution is 9.09. The minimum Gasteiger partial charge on any atom is -0.166 e. The van der Waals surface area contributed by atoms with E-state index in [0.717, 1.165) is 36.2 Å². The predicted molar refractivity (Wildman–Crippen MR) is 69.8 cm³/mol. The zero-order valence-corrected chi connectivity index (χ0v) is 11.6. The van der Waals surface area contributed by atoms with Crippen LogP contribution in [0.2, 0.25) is 0 Å². The van der Waals surface area contributed by atoms with Crippen LogP contribution in [0.15, 0.2) is 24.3 Å².